The Hall–Kier alpha value is -4.68. The van der Waals surface area contributed by atoms with Crippen molar-refractivity contribution >= 4 is 76.7 Å². The first-order valence-electron chi connectivity index (χ1n) is 22.9. The molecule has 0 N–H and O–H groups in total. The maximum absolute atomic E-state index is 12.2. The topological polar surface area (TPSA) is 194 Å². The van der Waals surface area contributed by atoms with Crippen LogP contribution in [0.25, 0.3) is 21.5 Å². The first kappa shape index (κ1) is 52.7. The molecule has 3 heterocycles. The number of hydrogen-bond acceptors (Lipinski definition) is 12. The zero-order valence-electron chi connectivity index (χ0n) is 39.5. The second kappa shape index (κ2) is 22.0. The molecule has 0 bridgehead atoms. The van der Waals surface area contributed by atoms with Crippen LogP contribution in [0.1, 0.15) is 103 Å². The summed E-state index contributed by atoms with van der Waals surface area (Å²) >= 11 is 0. The van der Waals surface area contributed by atoms with E-state index in [-0.39, 0.29) is 61.7 Å². The third-order valence-corrected chi connectivity index (χ3v) is 14.4. The smallest absolute Gasteiger partial charge is 0.748 e. The van der Waals surface area contributed by atoms with Gasteiger partial charge in [-0.3, -0.25) is 9.59 Å². The maximum Gasteiger partial charge on any atom is 1.00 e. The van der Waals surface area contributed by atoms with E-state index >= 15 is 0 Å². The number of carbonyl (C=O) groups is 3. The maximum atomic E-state index is 12.2. The van der Waals surface area contributed by atoms with Gasteiger partial charge >= 0.3 is 35.5 Å². The number of amides is 2. The Kier molecular flexibility index (Phi) is 17.0. The van der Waals surface area contributed by atoms with Crippen molar-refractivity contribution in [2.75, 3.05) is 36.1 Å². The van der Waals surface area contributed by atoms with Crippen molar-refractivity contribution < 1.29 is 84.0 Å². The minimum absolute atomic E-state index is 0. The van der Waals surface area contributed by atoms with Crippen molar-refractivity contribution in [3.05, 3.63) is 114 Å². The minimum atomic E-state index is -4.36. The third kappa shape index (κ3) is 12.2. The Morgan fingerprint density at radius 3 is 2.12 bits per heavy atom. The zero-order valence-corrected chi connectivity index (χ0v) is 43.1. The number of fused-ring (bicyclic) bond motifs is 6. The van der Waals surface area contributed by atoms with Gasteiger partial charge in [-0.2, -0.15) is 4.58 Å². The summed E-state index contributed by atoms with van der Waals surface area (Å²) in [5.41, 5.74) is 5.44. The van der Waals surface area contributed by atoms with Crippen LogP contribution in [0.15, 0.2) is 103 Å². The molecule has 17 heteroatoms. The number of nitrogens with zero attached hydrogens (tertiary/aromatic N) is 3. The molecule has 68 heavy (non-hydrogen) atoms. The number of imide groups is 1. The van der Waals surface area contributed by atoms with Crippen molar-refractivity contribution in [2.45, 2.75) is 103 Å². The van der Waals surface area contributed by atoms with Crippen molar-refractivity contribution in [2.24, 2.45) is 0 Å². The van der Waals surface area contributed by atoms with Crippen LogP contribution in [0.4, 0.5) is 11.4 Å². The van der Waals surface area contributed by atoms with Gasteiger partial charge < -0.3 is 23.6 Å². The number of anilines is 1. The van der Waals surface area contributed by atoms with Crippen LogP contribution in [-0.4, -0.2) is 90.3 Å². The zero-order chi connectivity index (χ0) is 48.1. The van der Waals surface area contributed by atoms with Gasteiger partial charge in [0.05, 0.1) is 32.3 Å². The number of unbranched alkanes of at least 4 members (excludes halogenated alkanes) is 4. The van der Waals surface area contributed by atoms with Crippen molar-refractivity contribution in [1.82, 2.24) is 5.06 Å². The molecule has 0 atom stereocenters. The molecule has 3 aliphatic heterocycles. The summed E-state index contributed by atoms with van der Waals surface area (Å²) in [6.45, 7) is 10.1. The van der Waals surface area contributed by atoms with Gasteiger partial charge in [-0.15, -0.1) is 5.06 Å². The van der Waals surface area contributed by atoms with Crippen LogP contribution < -0.4 is 39.2 Å². The molecular formula is C51H58N3NaO11S2. The van der Waals surface area contributed by atoms with Gasteiger partial charge in [0.2, 0.25) is 5.69 Å². The SMILES string of the molecule is CC1(C)C(/C=C/C=C/C=C2/N(CCCCS(=O)(=O)[O-])c3ccc4ccccc4c3C2(C)C)=[N+](CCCCS(=O)(=O)[O-])c2ccc3ccc(OCCCCCC(=O)ON4C(=O)CCC4=O)cc3c21.[Na+]. The fraction of sp³-hybridized carbons (Fsp3) is 0.412. The van der Waals surface area contributed by atoms with Crippen LogP contribution in [-0.2, 0) is 50.3 Å². The van der Waals surface area contributed by atoms with Crippen LogP contribution in [0.3, 0.4) is 0 Å². The minimum Gasteiger partial charge on any atom is -0.748 e. The number of benzene rings is 4. The fourth-order valence-electron chi connectivity index (χ4n) is 9.67. The van der Waals surface area contributed by atoms with E-state index in [1.54, 1.807) is 0 Å². The molecule has 1 saturated heterocycles. The number of hydroxylamine groups is 2. The van der Waals surface area contributed by atoms with Gasteiger partial charge in [-0.05, 0) is 110 Å². The second-order valence-electron chi connectivity index (χ2n) is 18.4. The molecule has 4 aromatic carbocycles. The van der Waals surface area contributed by atoms with Gasteiger partial charge in [0.1, 0.15) is 12.3 Å². The Morgan fingerprint density at radius 2 is 1.40 bits per heavy atom. The number of carbonyl (C=O) groups excluding carboxylic acids is 3. The number of rotatable bonds is 21. The Morgan fingerprint density at radius 1 is 0.735 bits per heavy atom. The molecule has 0 unspecified atom stereocenters. The number of ether oxygens (including phenoxy) is 1. The quantitative estimate of drug-likeness (QED) is 0.0260. The predicted molar refractivity (Wildman–Crippen MR) is 256 cm³/mol. The molecule has 7 rings (SSSR count). The van der Waals surface area contributed by atoms with E-state index in [0.29, 0.717) is 62.6 Å². The van der Waals surface area contributed by atoms with Gasteiger partial charge in [0, 0.05) is 78.2 Å². The van der Waals surface area contributed by atoms with Crippen LogP contribution >= 0.6 is 0 Å². The third-order valence-electron chi connectivity index (χ3n) is 12.8. The number of hydrogen-bond donors (Lipinski definition) is 0. The summed E-state index contributed by atoms with van der Waals surface area (Å²) < 4.78 is 77.1. The first-order valence-corrected chi connectivity index (χ1v) is 26.1. The van der Waals surface area contributed by atoms with Gasteiger partial charge in [-0.1, -0.05) is 68.5 Å². The molecule has 0 radical (unpaired) electrons. The van der Waals surface area contributed by atoms with E-state index in [0.717, 1.165) is 49.9 Å². The van der Waals surface area contributed by atoms with Gasteiger partial charge in [-0.25, -0.2) is 21.6 Å². The summed E-state index contributed by atoms with van der Waals surface area (Å²) in [5, 5.41) is 4.87. The summed E-state index contributed by atoms with van der Waals surface area (Å²) in [5.74, 6) is -1.79. The summed E-state index contributed by atoms with van der Waals surface area (Å²) in [6, 6.07) is 22.6. The monoisotopic (exact) mass is 975 g/mol. The van der Waals surface area contributed by atoms with Gasteiger partial charge in [0.15, 0.2) is 5.71 Å². The average Bonchev–Trinajstić information content (AvgIpc) is 3.78. The van der Waals surface area contributed by atoms with E-state index in [1.165, 1.54) is 5.56 Å². The molecule has 4 aromatic rings. The Balaban J connectivity index is 0.00000761. The van der Waals surface area contributed by atoms with E-state index < -0.39 is 60.4 Å². The Bertz CT molecular complexity index is 2920. The molecule has 3 aliphatic rings. The van der Waals surface area contributed by atoms with E-state index in [9.17, 15) is 40.3 Å². The van der Waals surface area contributed by atoms with Crippen LogP contribution in [0.5, 0.6) is 5.75 Å². The molecule has 0 spiro atoms. The fourth-order valence-corrected chi connectivity index (χ4v) is 10.8. The summed E-state index contributed by atoms with van der Waals surface area (Å²) in [4.78, 5) is 42.9. The van der Waals surface area contributed by atoms with Crippen LogP contribution in [0.2, 0.25) is 0 Å². The van der Waals surface area contributed by atoms with Crippen molar-refractivity contribution in [3.63, 3.8) is 0 Å². The molecule has 356 valence electrons. The van der Waals surface area contributed by atoms with Gasteiger partial charge in [0.25, 0.3) is 11.8 Å². The average molecular weight is 976 g/mol. The van der Waals surface area contributed by atoms with E-state index in [1.807, 2.05) is 48.6 Å². The molecule has 2 amide bonds. The standard InChI is InChI=1S/C51H59N3O11S2.Na/c1-50(2)43(52(30-12-15-33-66(58,59)60)41-26-23-36-17-10-11-18-39(36)48(41)50)19-7-5-8-20-44-51(3,4)49-40-35-38(64-32-14-6-9-21-47(57)65-54-45(55)28-29-46(54)56)25-22-37(40)24-27-42(49)53(44)31-13-16-34-67(61,62)63;/h5,7-8,10-11,17-20,22-27,35H,6,9,12-16,21,28-34H2,1-4H3,(H-,58,59,60,61,62,63);/q;+1/p-1. The van der Waals surface area contributed by atoms with Crippen LogP contribution in [0, 0.1) is 0 Å². The van der Waals surface area contributed by atoms with Crippen molar-refractivity contribution in [3.8, 4) is 5.75 Å². The molecule has 0 aromatic heterocycles. The number of allylic oxidation sites excluding steroid dienone is 6. The normalized spacial score (nSPS) is 17.3. The molecule has 14 nitrogen and oxygen atoms in total. The van der Waals surface area contributed by atoms with E-state index in [4.69, 9.17) is 9.57 Å². The largest absolute Gasteiger partial charge is 1.00 e. The molecule has 0 saturated carbocycles. The summed E-state index contributed by atoms with van der Waals surface area (Å²) in [7, 11) is -8.68. The predicted octanol–water partition coefficient (Wildman–Crippen LogP) is 5.36. The first-order chi connectivity index (χ1) is 31.8. The summed E-state index contributed by atoms with van der Waals surface area (Å²) in [6.07, 6.45) is 13.6. The second-order valence-corrected chi connectivity index (χ2v) is 21.4. The molecular weight excluding hydrogens is 918 g/mol. The Labute approximate surface area is 421 Å². The van der Waals surface area contributed by atoms with Crippen molar-refractivity contribution in [1.29, 1.82) is 0 Å². The van der Waals surface area contributed by atoms with E-state index in [2.05, 4.69) is 85.7 Å². The molecule has 0 aliphatic carbocycles. The molecule has 1 fully saturated rings.